The van der Waals surface area contributed by atoms with Crippen LogP contribution in [-0.2, 0) is 4.74 Å². The molecule has 1 fully saturated rings. The number of hydrogen-bond acceptors (Lipinski definition) is 2. The highest BCUT2D eigenvalue weighted by Gasteiger charge is 2.34. The van der Waals surface area contributed by atoms with Crippen LogP contribution in [0, 0.1) is 40.4 Å². The zero-order chi connectivity index (χ0) is 16.3. The molecule has 0 amide bonds. The van der Waals surface area contributed by atoms with Gasteiger partial charge in [0.15, 0.2) is 0 Å². The highest BCUT2D eigenvalue weighted by molar-refractivity contribution is 5.20. The van der Waals surface area contributed by atoms with Crippen LogP contribution in [0.1, 0.15) is 60.3 Å². The van der Waals surface area contributed by atoms with Crippen molar-refractivity contribution < 1.29 is 4.74 Å². The monoisotopic (exact) mass is 301 g/mol. The molecule has 0 aliphatic heterocycles. The van der Waals surface area contributed by atoms with Gasteiger partial charge in [-0.2, -0.15) is 5.26 Å². The second-order valence-electron chi connectivity index (χ2n) is 8.14. The minimum absolute atomic E-state index is 0.246. The Morgan fingerprint density at radius 1 is 1.32 bits per heavy atom. The van der Waals surface area contributed by atoms with Crippen LogP contribution in [0.15, 0.2) is 24.0 Å². The summed E-state index contributed by atoms with van der Waals surface area (Å²) in [6.45, 7) is 11.0. The molecule has 0 unspecified atom stereocenters. The number of allylic oxidation sites excluding steroid dienone is 4. The molecule has 0 N–H and O–H groups in total. The van der Waals surface area contributed by atoms with Crippen LogP contribution in [0.25, 0.3) is 0 Å². The molecule has 2 heteroatoms. The quantitative estimate of drug-likeness (QED) is 0.689. The number of nitrogens with zero attached hydrogens (tertiary/aromatic N) is 1. The van der Waals surface area contributed by atoms with Gasteiger partial charge in [0, 0.05) is 12.3 Å². The zero-order valence-electron chi connectivity index (χ0n) is 14.8. The van der Waals surface area contributed by atoms with E-state index in [1.165, 1.54) is 12.8 Å². The average molecular weight is 301 g/mol. The fourth-order valence-electron chi connectivity index (χ4n) is 3.76. The van der Waals surface area contributed by atoms with Gasteiger partial charge in [-0.3, -0.25) is 0 Å². The van der Waals surface area contributed by atoms with Gasteiger partial charge in [0.25, 0.3) is 0 Å². The van der Waals surface area contributed by atoms with Crippen molar-refractivity contribution in [3.05, 3.63) is 24.0 Å². The van der Waals surface area contributed by atoms with Crippen LogP contribution in [-0.4, -0.2) is 6.10 Å². The van der Waals surface area contributed by atoms with Gasteiger partial charge in [0.05, 0.1) is 17.2 Å². The van der Waals surface area contributed by atoms with E-state index < -0.39 is 0 Å². The number of rotatable bonds is 4. The molecule has 22 heavy (non-hydrogen) atoms. The Hall–Kier alpha value is -1.23. The maximum absolute atomic E-state index is 9.36. The maximum Gasteiger partial charge on any atom is 0.102 e. The molecule has 122 valence electrons. The Morgan fingerprint density at radius 2 is 2.05 bits per heavy atom. The van der Waals surface area contributed by atoms with Crippen molar-refractivity contribution in [2.75, 3.05) is 0 Å². The summed E-state index contributed by atoms with van der Waals surface area (Å²) in [5.74, 6) is 3.40. The molecule has 0 aromatic carbocycles. The molecule has 2 nitrogen and oxygen atoms in total. The van der Waals surface area contributed by atoms with Gasteiger partial charge >= 0.3 is 0 Å². The van der Waals surface area contributed by atoms with Crippen LogP contribution in [0.2, 0.25) is 0 Å². The summed E-state index contributed by atoms with van der Waals surface area (Å²) in [7, 11) is 0. The van der Waals surface area contributed by atoms with Gasteiger partial charge in [-0.25, -0.2) is 0 Å². The van der Waals surface area contributed by atoms with E-state index in [0.717, 1.165) is 24.5 Å². The fourth-order valence-corrected chi connectivity index (χ4v) is 3.76. The van der Waals surface area contributed by atoms with E-state index in [1.54, 1.807) is 0 Å². The second-order valence-corrected chi connectivity index (χ2v) is 8.14. The smallest absolute Gasteiger partial charge is 0.102 e. The molecule has 0 aromatic heterocycles. The van der Waals surface area contributed by atoms with Crippen molar-refractivity contribution in [2.24, 2.45) is 29.1 Å². The third-order valence-corrected chi connectivity index (χ3v) is 5.53. The molecule has 0 heterocycles. The molecule has 0 aromatic rings. The summed E-state index contributed by atoms with van der Waals surface area (Å²) in [5, 5.41) is 9.36. The molecule has 0 bridgehead atoms. The highest BCUT2D eigenvalue weighted by Crippen LogP contribution is 2.39. The van der Waals surface area contributed by atoms with E-state index >= 15 is 0 Å². The largest absolute Gasteiger partial charge is 0.494 e. The number of ether oxygens (including phenoxy) is 1. The predicted molar refractivity (Wildman–Crippen MR) is 90.9 cm³/mol. The molecule has 4 atom stereocenters. The van der Waals surface area contributed by atoms with Gasteiger partial charge in [-0.1, -0.05) is 39.3 Å². The van der Waals surface area contributed by atoms with E-state index in [-0.39, 0.29) is 11.3 Å². The first-order valence-electron chi connectivity index (χ1n) is 8.78. The SMILES string of the molecule is CC(C)[C@@H]1CC[C@@H](C)C[C@@H]1OC1=CC=C[C@@H](C(C)(C)C#N)C1. The number of hydrogen-bond donors (Lipinski definition) is 0. The van der Waals surface area contributed by atoms with Gasteiger partial charge in [-0.05, 0) is 50.5 Å². The molecular weight excluding hydrogens is 270 g/mol. The van der Waals surface area contributed by atoms with E-state index in [4.69, 9.17) is 4.74 Å². The fraction of sp³-hybridized carbons (Fsp3) is 0.750. The zero-order valence-corrected chi connectivity index (χ0v) is 14.8. The lowest BCUT2D eigenvalue weighted by Gasteiger charge is -2.39. The van der Waals surface area contributed by atoms with Gasteiger partial charge < -0.3 is 4.74 Å². The molecule has 1 saturated carbocycles. The van der Waals surface area contributed by atoms with Crippen LogP contribution in [0.3, 0.4) is 0 Å². The van der Waals surface area contributed by atoms with E-state index in [2.05, 4.69) is 45.1 Å². The second kappa shape index (κ2) is 6.90. The summed E-state index contributed by atoms with van der Waals surface area (Å²) >= 11 is 0. The minimum atomic E-state index is -0.337. The van der Waals surface area contributed by atoms with Gasteiger partial charge in [-0.15, -0.1) is 0 Å². The standard InChI is InChI=1S/C20H31NO/c1-14(2)18-10-9-15(3)11-19(18)22-17-8-6-7-16(12-17)20(4,5)13-21/h6-8,14-16,18-19H,9-12H2,1-5H3/t15-,16-,18+,19+/m1/s1. The Balaban J connectivity index is 2.04. The first-order chi connectivity index (χ1) is 10.3. The maximum atomic E-state index is 9.36. The van der Waals surface area contributed by atoms with Crippen LogP contribution in [0.5, 0.6) is 0 Å². The van der Waals surface area contributed by atoms with E-state index in [0.29, 0.717) is 17.9 Å². The Bertz CT molecular complexity index is 480. The van der Waals surface area contributed by atoms with Crippen LogP contribution in [0.4, 0.5) is 0 Å². The van der Waals surface area contributed by atoms with Crippen molar-refractivity contribution in [1.82, 2.24) is 0 Å². The molecule has 2 rings (SSSR count). The molecule has 0 radical (unpaired) electrons. The van der Waals surface area contributed by atoms with Crippen molar-refractivity contribution in [1.29, 1.82) is 5.26 Å². The lowest BCUT2D eigenvalue weighted by atomic mass is 9.74. The summed E-state index contributed by atoms with van der Waals surface area (Å²) in [4.78, 5) is 0. The van der Waals surface area contributed by atoms with Gasteiger partial charge in [0.1, 0.15) is 6.10 Å². The third kappa shape index (κ3) is 3.94. The Labute approximate surface area is 136 Å². The first kappa shape index (κ1) is 17.1. The number of nitriles is 1. The molecule has 0 spiro atoms. The first-order valence-corrected chi connectivity index (χ1v) is 8.78. The molecule has 2 aliphatic rings. The lowest BCUT2D eigenvalue weighted by Crippen LogP contribution is -2.34. The topological polar surface area (TPSA) is 33.0 Å². The van der Waals surface area contributed by atoms with Crippen molar-refractivity contribution in [3.63, 3.8) is 0 Å². The normalized spacial score (nSPS) is 32.5. The van der Waals surface area contributed by atoms with Crippen LogP contribution >= 0.6 is 0 Å². The summed E-state index contributed by atoms with van der Waals surface area (Å²) in [5.41, 5.74) is -0.337. The predicted octanol–water partition coefficient (Wildman–Crippen LogP) is 5.47. The van der Waals surface area contributed by atoms with E-state index in [9.17, 15) is 5.26 Å². The third-order valence-electron chi connectivity index (χ3n) is 5.53. The molecular formula is C20H31NO. The average Bonchev–Trinajstić information content (AvgIpc) is 2.47. The van der Waals surface area contributed by atoms with E-state index in [1.807, 2.05) is 13.8 Å². The highest BCUT2D eigenvalue weighted by atomic mass is 16.5. The Morgan fingerprint density at radius 3 is 2.68 bits per heavy atom. The lowest BCUT2D eigenvalue weighted by molar-refractivity contribution is -0.00771. The summed E-state index contributed by atoms with van der Waals surface area (Å²) in [6, 6.07) is 2.44. The van der Waals surface area contributed by atoms with Crippen LogP contribution < -0.4 is 0 Å². The van der Waals surface area contributed by atoms with Crippen molar-refractivity contribution in [2.45, 2.75) is 66.4 Å². The van der Waals surface area contributed by atoms with Crippen molar-refractivity contribution in [3.8, 4) is 6.07 Å². The minimum Gasteiger partial charge on any atom is -0.494 e. The summed E-state index contributed by atoms with van der Waals surface area (Å²) < 4.78 is 6.45. The van der Waals surface area contributed by atoms with Gasteiger partial charge in [0.2, 0.25) is 0 Å². The molecule has 0 saturated heterocycles. The summed E-state index contributed by atoms with van der Waals surface area (Å²) in [6.07, 6.45) is 11.3. The molecule has 2 aliphatic carbocycles. The van der Waals surface area contributed by atoms with Crippen molar-refractivity contribution >= 4 is 0 Å². The Kier molecular flexibility index (Phi) is 5.37.